The van der Waals surface area contributed by atoms with Crippen molar-refractivity contribution in [1.82, 2.24) is 0 Å². The van der Waals surface area contributed by atoms with Gasteiger partial charge in [0, 0.05) is 4.47 Å². The molecule has 0 aliphatic rings. The van der Waals surface area contributed by atoms with Crippen LogP contribution >= 0.6 is 15.9 Å². The molecular weight excluding hydrogens is 286 g/mol. The van der Waals surface area contributed by atoms with Gasteiger partial charge >= 0.3 is 6.61 Å². The topological polar surface area (TPSA) is 43.4 Å². The Kier molecular flexibility index (Phi) is 4.12. The first-order valence-corrected chi connectivity index (χ1v) is 5.00. The number of hydrogen-bond acceptors (Lipinski definition) is 3. The van der Waals surface area contributed by atoms with Crippen molar-refractivity contribution < 1.29 is 23.1 Å². The van der Waals surface area contributed by atoms with E-state index in [1.54, 1.807) is 0 Å². The van der Waals surface area contributed by atoms with Gasteiger partial charge in [0.05, 0.1) is 11.1 Å². The van der Waals surface area contributed by atoms with Gasteiger partial charge in [-0.2, -0.15) is 8.78 Å². The fourth-order valence-electron chi connectivity index (χ4n) is 1.21. The van der Waals surface area contributed by atoms with Crippen molar-refractivity contribution in [2.45, 2.75) is 13.5 Å². The van der Waals surface area contributed by atoms with Crippen molar-refractivity contribution in [1.29, 1.82) is 0 Å². The number of alkyl halides is 2. The normalized spacial score (nSPS) is 10.3. The minimum absolute atomic E-state index is 0.0649. The standard InChI is InChI=1S/C10H7BrF2O3/c1-5(15)8-7(11)3-2-6(4-14)9(8)16-10(12)13/h2-4,10H,1H3. The number of ether oxygens (including phenoxy) is 1. The van der Waals surface area contributed by atoms with Crippen LogP contribution in [0.15, 0.2) is 16.6 Å². The molecule has 0 N–H and O–H groups in total. The zero-order valence-corrected chi connectivity index (χ0v) is 9.75. The summed E-state index contributed by atoms with van der Waals surface area (Å²) in [7, 11) is 0. The predicted molar refractivity (Wildman–Crippen MR) is 56.2 cm³/mol. The van der Waals surface area contributed by atoms with E-state index in [4.69, 9.17) is 0 Å². The number of carbonyl (C=O) groups is 2. The monoisotopic (exact) mass is 292 g/mol. The lowest BCUT2D eigenvalue weighted by atomic mass is 10.1. The van der Waals surface area contributed by atoms with Crippen molar-refractivity contribution in [3.63, 3.8) is 0 Å². The summed E-state index contributed by atoms with van der Waals surface area (Å²) in [5.74, 6) is -0.863. The Morgan fingerprint density at radius 3 is 2.56 bits per heavy atom. The highest BCUT2D eigenvalue weighted by Crippen LogP contribution is 2.31. The summed E-state index contributed by atoms with van der Waals surface area (Å²) in [4.78, 5) is 21.9. The molecule has 0 fully saturated rings. The molecule has 0 amide bonds. The number of rotatable bonds is 4. The van der Waals surface area contributed by atoms with Gasteiger partial charge in [-0.15, -0.1) is 0 Å². The Morgan fingerprint density at radius 1 is 1.50 bits per heavy atom. The second kappa shape index (κ2) is 5.16. The fraction of sp³-hybridized carbons (Fsp3) is 0.200. The molecule has 0 spiro atoms. The molecule has 1 rings (SSSR count). The van der Waals surface area contributed by atoms with Gasteiger partial charge in [-0.05, 0) is 35.0 Å². The molecule has 0 bridgehead atoms. The largest absolute Gasteiger partial charge is 0.433 e. The molecule has 0 heterocycles. The molecule has 1 aromatic carbocycles. The number of benzene rings is 1. The van der Waals surface area contributed by atoms with E-state index in [0.29, 0.717) is 10.8 Å². The SMILES string of the molecule is CC(=O)c1c(Br)ccc(C=O)c1OC(F)F. The van der Waals surface area contributed by atoms with Gasteiger partial charge in [0.2, 0.25) is 0 Å². The molecule has 0 aromatic heterocycles. The van der Waals surface area contributed by atoms with E-state index >= 15 is 0 Å². The molecular formula is C10H7BrF2O3. The Hall–Kier alpha value is -1.30. The van der Waals surface area contributed by atoms with Gasteiger partial charge in [-0.1, -0.05) is 0 Å². The highest BCUT2D eigenvalue weighted by Gasteiger charge is 2.19. The van der Waals surface area contributed by atoms with Gasteiger partial charge in [0.15, 0.2) is 12.1 Å². The second-order valence-corrected chi connectivity index (χ2v) is 3.75. The van der Waals surface area contributed by atoms with Crippen molar-refractivity contribution in [2.75, 3.05) is 0 Å². The van der Waals surface area contributed by atoms with Crippen molar-refractivity contribution in [3.05, 3.63) is 27.7 Å². The molecule has 3 nitrogen and oxygen atoms in total. The summed E-state index contributed by atoms with van der Waals surface area (Å²) in [6.07, 6.45) is 0.358. The van der Waals surface area contributed by atoms with Gasteiger partial charge in [0.25, 0.3) is 0 Å². The predicted octanol–water partition coefficient (Wildman–Crippen LogP) is 3.07. The van der Waals surface area contributed by atoms with Gasteiger partial charge in [0.1, 0.15) is 5.75 Å². The molecule has 6 heteroatoms. The van der Waals surface area contributed by atoms with E-state index < -0.39 is 18.1 Å². The molecule has 0 aliphatic heterocycles. The molecule has 0 unspecified atom stereocenters. The van der Waals surface area contributed by atoms with Crippen molar-refractivity contribution in [3.8, 4) is 5.75 Å². The molecule has 0 saturated carbocycles. The number of ketones is 1. The van der Waals surface area contributed by atoms with Crippen LogP contribution in [0.4, 0.5) is 8.78 Å². The van der Waals surface area contributed by atoms with Crippen LogP contribution in [0, 0.1) is 0 Å². The minimum atomic E-state index is -3.09. The maximum atomic E-state index is 12.1. The number of hydrogen-bond donors (Lipinski definition) is 0. The summed E-state index contributed by atoms with van der Waals surface area (Å²) < 4.78 is 28.8. The zero-order chi connectivity index (χ0) is 12.3. The third-order valence-corrected chi connectivity index (χ3v) is 2.48. The van der Waals surface area contributed by atoms with E-state index in [1.807, 2.05) is 0 Å². The first kappa shape index (κ1) is 12.8. The smallest absolute Gasteiger partial charge is 0.387 e. The quantitative estimate of drug-likeness (QED) is 0.633. The van der Waals surface area contributed by atoms with Gasteiger partial charge in [-0.3, -0.25) is 9.59 Å². The average Bonchev–Trinajstić information content (AvgIpc) is 2.16. The number of aldehydes is 1. The Morgan fingerprint density at radius 2 is 2.12 bits per heavy atom. The molecule has 1 aromatic rings. The summed E-state index contributed by atoms with van der Waals surface area (Å²) >= 11 is 3.04. The van der Waals surface area contributed by atoms with Crippen molar-refractivity contribution in [2.24, 2.45) is 0 Å². The Labute approximate surface area is 98.5 Å². The van der Waals surface area contributed by atoms with E-state index in [1.165, 1.54) is 19.1 Å². The van der Waals surface area contributed by atoms with Crippen LogP contribution in [-0.4, -0.2) is 18.7 Å². The highest BCUT2D eigenvalue weighted by atomic mass is 79.9. The molecule has 86 valence electrons. The van der Waals surface area contributed by atoms with Gasteiger partial charge < -0.3 is 4.74 Å². The van der Waals surface area contributed by atoms with E-state index in [-0.39, 0.29) is 11.1 Å². The van der Waals surface area contributed by atoms with Crippen LogP contribution < -0.4 is 4.74 Å². The summed E-state index contributed by atoms with van der Waals surface area (Å²) in [6, 6.07) is 2.72. The van der Waals surface area contributed by atoms with Gasteiger partial charge in [-0.25, -0.2) is 0 Å². The van der Waals surface area contributed by atoms with Crippen LogP contribution in [-0.2, 0) is 0 Å². The van der Waals surface area contributed by atoms with E-state index in [0.717, 1.165) is 0 Å². The summed E-state index contributed by atoms with van der Waals surface area (Å²) in [6.45, 7) is -1.89. The first-order chi connectivity index (χ1) is 7.47. The van der Waals surface area contributed by atoms with Crippen LogP contribution in [0.25, 0.3) is 0 Å². The second-order valence-electron chi connectivity index (χ2n) is 2.89. The van der Waals surface area contributed by atoms with Crippen LogP contribution in [0.1, 0.15) is 27.6 Å². The molecule has 0 aliphatic carbocycles. The third kappa shape index (κ3) is 2.63. The lowest BCUT2D eigenvalue weighted by molar-refractivity contribution is -0.0503. The number of Topliss-reactive ketones (excluding diaryl/α,β-unsaturated/α-hetero) is 1. The lowest BCUT2D eigenvalue weighted by Gasteiger charge is -2.12. The lowest BCUT2D eigenvalue weighted by Crippen LogP contribution is -2.09. The van der Waals surface area contributed by atoms with Crippen LogP contribution in [0.3, 0.4) is 0 Å². The van der Waals surface area contributed by atoms with Crippen molar-refractivity contribution >= 4 is 28.0 Å². The third-order valence-electron chi connectivity index (χ3n) is 1.82. The number of carbonyl (C=O) groups excluding carboxylic acids is 2. The Balaban J connectivity index is 3.42. The van der Waals surface area contributed by atoms with Crippen LogP contribution in [0.2, 0.25) is 0 Å². The van der Waals surface area contributed by atoms with Crippen LogP contribution in [0.5, 0.6) is 5.75 Å². The maximum absolute atomic E-state index is 12.1. The molecule has 16 heavy (non-hydrogen) atoms. The summed E-state index contributed by atoms with van der Waals surface area (Å²) in [5, 5.41) is 0. The molecule has 0 atom stereocenters. The zero-order valence-electron chi connectivity index (χ0n) is 8.17. The summed E-state index contributed by atoms with van der Waals surface area (Å²) in [5.41, 5.74) is -0.154. The maximum Gasteiger partial charge on any atom is 0.387 e. The molecule has 0 saturated heterocycles. The van der Waals surface area contributed by atoms with E-state index in [9.17, 15) is 18.4 Å². The molecule has 0 radical (unpaired) electrons. The number of halogens is 3. The minimum Gasteiger partial charge on any atom is -0.433 e. The Bertz CT molecular complexity index is 432. The van der Waals surface area contributed by atoms with E-state index in [2.05, 4.69) is 20.7 Å². The fourth-order valence-corrected chi connectivity index (χ4v) is 1.80. The first-order valence-electron chi connectivity index (χ1n) is 4.20. The average molecular weight is 293 g/mol. The highest BCUT2D eigenvalue weighted by molar-refractivity contribution is 9.10.